The maximum Gasteiger partial charge on any atom is 0.336 e. The van der Waals surface area contributed by atoms with Crippen molar-refractivity contribution in [2.75, 3.05) is 13.2 Å². The number of rotatable bonds is 9. The largest absolute Gasteiger partial charge is 0.486 e. The minimum absolute atomic E-state index is 0.393. The van der Waals surface area contributed by atoms with Crippen LogP contribution in [0.3, 0.4) is 0 Å². The third kappa shape index (κ3) is 4.11. The van der Waals surface area contributed by atoms with Crippen LogP contribution in [0.15, 0.2) is 88.3 Å². The first-order valence-electron chi connectivity index (χ1n) is 11.8. The molecule has 0 aliphatic rings. The molecule has 0 unspecified atom stereocenters. The Kier molecular flexibility index (Phi) is 5.69. The summed E-state index contributed by atoms with van der Waals surface area (Å²) in [5, 5.41) is 3.34. The quantitative estimate of drug-likeness (QED) is 0.170. The van der Waals surface area contributed by atoms with Gasteiger partial charge in [-0.05, 0) is 62.1 Å². The van der Waals surface area contributed by atoms with Gasteiger partial charge in [0.05, 0.1) is 25.7 Å². The summed E-state index contributed by atoms with van der Waals surface area (Å²) in [7, 11) is 0. The lowest BCUT2D eigenvalue weighted by molar-refractivity contribution is 0.286. The summed E-state index contributed by atoms with van der Waals surface area (Å²) < 4.78 is 33.9. The highest BCUT2D eigenvalue weighted by molar-refractivity contribution is 6.00. The van der Waals surface area contributed by atoms with Crippen molar-refractivity contribution in [1.29, 1.82) is 0 Å². The Bertz CT molecular complexity index is 1670. The van der Waals surface area contributed by atoms with Gasteiger partial charge in [-0.1, -0.05) is 0 Å². The van der Waals surface area contributed by atoms with Crippen LogP contribution < -0.4 is 20.7 Å². The highest BCUT2D eigenvalue weighted by atomic mass is 16.5. The van der Waals surface area contributed by atoms with Gasteiger partial charge in [0.1, 0.15) is 0 Å². The van der Waals surface area contributed by atoms with E-state index in [0.29, 0.717) is 47.0 Å². The second-order valence-electron chi connectivity index (χ2n) is 8.55. The van der Waals surface area contributed by atoms with Gasteiger partial charge in [-0.15, -0.1) is 0 Å². The first-order valence-corrected chi connectivity index (χ1v) is 11.8. The van der Waals surface area contributed by atoms with Gasteiger partial charge in [0, 0.05) is 33.7 Å². The van der Waals surface area contributed by atoms with E-state index in [0.717, 1.165) is 47.2 Å². The minimum atomic E-state index is -0.435. The van der Waals surface area contributed by atoms with Gasteiger partial charge < -0.3 is 27.1 Å². The van der Waals surface area contributed by atoms with Gasteiger partial charge in [0.15, 0.2) is 22.3 Å². The Morgan fingerprint density at radius 1 is 0.528 bits per heavy atom. The highest BCUT2D eigenvalue weighted by Gasteiger charge is 2.16. The molecule has 36 heavy (non-hydrogen) atoms. The van der Waals surface area contributed by atoms with Crippen molar-refractivity contribution in [1.82, 2.24) is 0 Å². The molecule has 0 spiro atoms. The fourth-order valence-electron chi connectivity index (χ4n) is 4.38. The number of hydrogen-bond donors (Lipinski definition) is 0. The van der Waals surface area contributed by atoms with Crippen molar-refractivity contribution in [2.45, 2.75) is 25.7 Å². The Morgan fingerprint density at radius 3 is 1.44 bits per heavy atom. The molecule has 4 heterocycles. The second kappa shape index (κ2) is 9.30. The summed E-state index contributed by atoms with van der Waals surface area (Å²) in [4.78, 5) is 23.5. The molecule has 182 valence electrons. The van der Waals surface area contributed by atoms with Crippen molar-refractivity contribution >= 4 is 43.9 Å². The normalized spacial score (nSPS) is 11.7. The molecule has 0 radical (unpaired) electrons. The topological polar surface area (TPSA) is 105 Å². The average molecular weight is 486 g/mol. The molecule has 2 aromatic carbocycles. The monoisotopic (exact) mass is 486 g/mol. The molecular weight excluding hydrogens is 464 g/mol. The molecule has 0 saturated carbocycles. The van der Waals surface area contributed by atoms with Gasteiger partial charge in [-0.2, -0.15) is 0 Å². The molecule has 0 bridgehead atoms. The molecule has 0 aliphatic heterocycles. The van der Waals surface area contributed by atoms with Crippen molar-refractivity contribution < 1.29 is 27.1 Å². The SMILES string of the molecule is O=c1ccc2cc3ccoc3c(OCCCCCCOc3c4occc4cc4ccc(=O)oc34)c2o1. The van der Waals surface area contributed by atoms with E-state index in [1.54, 1.807) is 24.7 Å². The fraction of sp³-hybridized carbons (Fsp3) is 0.214. The summed E-state index contributed by atoms with van der Waals surface area (Å²) in [6.07, 6.45) is 6.63. The first-order chi connectivity index (χ1) is 17.7. The van der Waals surface area contributed by atoms with Crippen LogP contribution in [0.5, 0.6) is 11.5 Å². The van der Waals surface area contributed by atoms with E-state index in [4.69, 9.17) is 27.1 Å². The molecule has 0 atom stereocenters. The van der Waals surface area contributed by atoms with Crippen LogP contribution in [0.1, 0.15) is 25.7 Å². The van der Waals surface area contributed by atoms with Crippen LogP contribution >= 0.6 is 0 Å². The molecule has 6 aromatic rings. The Labute approximate surface area is 203 Å². The predicted molar refractivity (Wildman–Crippen MR) is 134 cm³/mol. The summed E-state index contributed by atoms with van der Waals surface area (Å²) in [5.41, 5.74) is 1.05. The van der Waals surface area contributed by atoms with Crippen molar-refractivity contribution in [2.24, 2.45) is 0 Å². The van der Waals surface area contributed by atoms with E-state index in [2.05, 4.69) is 0 Å². The van der Waals surface area contributed by atoms with Crippen LogP contribution in [0, 0.1) is 0 Å². The summed E-state index contributed by atoms with van der Waals surface area (Å²) >= 11 is 0. The fourth-order valence-corrected chi connectivity index (χ4v) is 4.38. The zero-order valence-electron chi connectivity index (χ0n) is 19.3. The Balaban J connectivity index is 1.05. The molecule has 4 aromatic heterocycles. The summed E-state index contributed by atoms with van der Waals surface area (Å²) in [6, 6.07) is 13.7. The lowest BCUT2D eigenvalue weighted by Crippen LogP contribution is -2.02. The second-order valence-corrected chi connectivity index (χ2v) is 8.55. The van der Waals surface area contributed by atoms with Crippen molar-refractivity contribution in [3.05, 3.63) is 81.9 Å². The molecular formula is C28H22O8. The standard InChI is InChI=1S/C28H22O8/c29-21-7-5-17-15-19-9-13-33-23(19)27(25(17)35-21)31-11-3-1-2-4-12-32-28-24-20(10-14-34-24)16-18-6-8-22(30)36-26(18)28/h5-10,13-16H,1-4,11-12H2. The van der Waals surface area contributed by atoms with Crippen LogP contribution in [0.2, 0.25) is 0 Å². The van der Waals surface area contributed by atoms with Crippen LogP contribution in [0.25, 0.3) is 43.9 Å². The Hall–Kier alpha value is -4.46. The smallest absolute Gasteiger partial charge is 0.336 e. The van der Waals surface area contributed by atoms with Gasteiger partial charge in [0.25, 0.3) is 0 Å². The molecule has 0 amide bonds. The zero-order chi connectivity index (χ0) is 24.5. The van der Waals surface area contributed by atoms with E-state index in [1.165, 1.54) is 12.1 Å². The maximum absolute atomic E-state index is 11.7. The molecule has 0 aliphatic carbocycles. The van der Waals surface area contributed by atoms with E-state index in [-0.39, 0.29) is 0 Å². The van der Waals surface area contributed by atoms with Crippen LogP contribution in [-0.2, 0) is 0 Å². The van der Waals surface area contributed by atoms with E-state index in [1.807, 2.05) is 24.3 Å². The minimum Gasteiger partial charge on any atom is -0.486 e. The van der Waals surface area contributed by atoms with Crippen molar-refractivity contribution in [3.63, 3.8) is 0 Å². The molecule has 8 nitrogen and oxygen atoms in total. The van der Waals surface area contributed by atoms with Crippen LogP contribution in [-0.4, -0.2) is 13.2 Å². The van der Waals surface area contributed by atoms with E-state index in [9.17, 15) is 9.59 Å². The number of benzene rings is 2. The number of furan rings is 2. The first kappa shape index (κ1) is 22.0. The van der Waals surface area contributed by atoms with Gasteiger partial charge in [0.2, 0.25) is 11.5 Å². The number of unbranched alkanes of at least 4 members (excludes halogenated alkanes) is 3. The third-order valence-electron chi connectivity index (χ3n) is 6.10. The molecule has 0 N–H and O–H groups in total. The lowest BCUT2D eigenvalue weighted by atomic mass is 10.1. The molecule has 0 fully saturated rings. The number of fused-ring (bicyclic) bond motifs is 4. The lowest BCUT2D eigenvalue weighted by Gasteiger charge is -2.10. The molecule has 8 heteroatoms. The van der Waals surface area contributed by atoms with E-state index >= 15 is 0 Å². The number of ether oxygens (including phenoxy) is 2. The molecule has 6 rings (SSSR count). The third-order valence-corrected chi connectivity index (χ3v) is 6.10. The summed E-state index contributed by atoms with van der Waals surface area (Å²) in [6.45, 7) is 0.908. The van der Waals surface area contributed by atoms with Gasteiger partial charge in [-0.25, -0.2) is 9.59 Å². The molecule has 0 saturated heterocycles. The van der Waals surface area contributed by atoms with E-state index < -0.39 is 11.3 Å². The van der Waals surface area contributed by atoms with Gasteiger partial charge in [-0.3, -0.25) is 0 Å². The van der Waals surface area contributed by atoms with Crippen molar-refractivity contribution in [3.8, 4) is 11.5 Å². The average Bonchev–Trinajstić information content (AvgIpc) is 3.54. The van der Waals surface area contributed by atoms with Crippen LogP contribution in [0.4, 0.5) is 0 Å². The zero-order valence-corrected chi connectivity index (χ0v) is 19.3. The summed E-state index contributed by atoms with van der Waals surface area (Å²) in [5.74, 6) is 0.905. The number of hydrogen-bond acceptors (Lipinski definition) is 8. The predicted octanol–water partition coefficient (Wildman–Crippen LogP) is 6.41. The Morgan fingerprint density at radius 2 is 0.972 bits per heavy atom. The maximum atomic E-state index is 11.7. The highest BCUT2D eigenvalue weighted by Crippen LogP contribution is 2.36. The van der Waals surface area contributed by atoms with Gasteiger partial charge >= 0.3 is 11.3 Å².